The number of imide groups is 1. The lowest BCUT2D eigenvalue weighted by Crippen LogP contribution is -2.62. The van der Waals surface area contributed by atoms with Gasteiger partial charge in [-0.2, -0.15) is 0 Å². The van der Waals surface area contributed by atoms with Crippen LogP contribution in [0, 0.1) is 17.8 Å². The maximum absolute atomic E-state index is 15.3. The summed E-state index contributed by atoms with van der Waals surface area (Å²) in [5.41, 5.74) is 6.01. The average Bonchev–Trinajstić information content (AvgIpc) is 1.88. The number of nitrogens with zero attached hydrogens (tertiary/aromatic N) is 3. The summed E-state index contributed by atoms with van der Waals surface area (Å²) >= 11 is 0. The highest BCUT2D eigenvalue weighted by atomic mass is 32.2. The van der Waals surface area contributed by atoms with Gasteiger partial charge in [0.15, 0.2) is 0 Å². The molecule has 7 rings (SSSR count). The molecule has 2 aromatic rings. The molecule has 0 saturated carbocycles. The molecular weight excluding hydrogens is 1130 g/mol. The van der Waals surface area contributed by atoms with Crippen molar-refractivity contribution < 1.29 is 82.2 Å². The summed E-state index contributed by atoms with van der Waals surface area (Å²) in [5, 5.41) is 63.8. The van der Waals surface area contributed by atoms with Gasteiger partial charge in [-0.25, -0.2) is 0 Å². The molecule has 464 valence electrons. The topological polar surface area (TPSA) is 451 Å². The number of rotatable bonds is 15. The molecule has 2 fully saturated rings. The highest BCUT2D eigenvalue weighted by Gasteiger charge is 2.45. The summed E-state index contributed by atoms with van der Waals surface area (Å²) in [6, 6.07) is -7.51. The van der Waals surface area contributed by atoms with E-state index >= 15 is 4.21 Å². The van der Waals surface area contributed by atoms with Crippen LogP contribution in [0.25, 0.3) is 10.9 Å². The molecule has 12 amide bonds. The Kier molecular flexibility index (Phi) is 21.8. The number of carbonyl (C=O) groups excluding carboxylic acids is 12. The first-order valence-corrected chi connectivity index (χ1v) is 29.6. The van der Waals surface area contributed by atoms with Gasteiger partial charge in [-0.15, -0.1) is 0 Å². The number of H-pyrrole nitrogens is 1. The Morgan fingerprint density at radius 3 is 2.16 bits per heavy atom. The predicted octanol–water partition coefficient (Wildman–Crippen LogP) is -5.49. The second-order valence-electron chi connectivity index (χ2n) is 22.1. The lowest BCUT2D eigenvalue weighted by Gasteiger charge is -2.34. The van der Waals surface area contributed by atoms with Crippen molar-refractivity contribution in [3.63, 3.8) is 0 Å². The number of aromatic amines is 1. The number of piperidine rings is 1. The van der Waals surface area contributed by atoms with E-state index in [1.165, 1.54) is 31.2 Å². The van der Waals surface area contributed by atoms with E-state index in [0.29, 0.717) is 45.3 Å². The number of aromatic nitrogens is 1. The molecule has 15 N–H and O–H groups in total. The van der Waals surface area contributed by atoms with E-state index in [2.05, 4.69) is 47.5 Å². The van der Waals surface area contributed by atoms with Gasteiger partial charge in [-0.05, 0) is 55.2 Å². The Morgan fingerprint density at radius 1 is 0.835 bits per heavy atom. The second-order valence-corrected chi connectivity index (χ2v) is 23.5. The number of aromatic hydroxyl groups is 1. The predicted molar refractivity (Wildman–Crippen MR) is 300 cm³/mol. The molecule has 0 radical (unpaired) electrons. The number of phenols is 1. The van der Waals surface area contributed by atoms with E-state index in [1.807, 2.05) is 4.90 Å². The lowest BCUT2D eigenvalue weighted by molar-refractivity contribution is -0.144. The van der Waals surface area contributed by atoms with Crippen molar-refractivity contribution >= 4 is 98.3 Å². The van der Waals surface area contributed by atoms with Crippen molar-refractivity contribution in [3.8, 4) is 5.75 Å². The summed E-state index contributed by atoms with van der Waals surface area (Å²) in [4.78, 5) is 170. The third kappa shape index (κ3) is 15.8. The third-order valence-electron chi connectivity index (χ3n) is 16.2. The molecule has 5 aliphatic rings. The maximum Gasteiger partial charge on any atom is 0.253 e. The number of phenolic OH excluding ortho intramolecular Hbond substituents is 1. The van der Waals surface area contributed by atoms with Crippen LogP contribution in [0.4, 0.5) is 5.69 Å². The summed E-state index contributed by atoms with van der Waals surface area (Å²) in [6.45, 7) is 2.73. The Balaban J connectivity index is 1.29. The van der Waals surface area contributed by atoms with Gasteiger partial charge < -0.3 is 83.5 Å². The van der Waals surface area contributed by atoms with Crippen LogP contribution in [0.15, 0.2) is 29.3 Å². The summed E-state index contributed by atoms with van der Waals surface area (Å²) in [7, 11) is -2.50. The van der Waals surface area contributed by atoms with Gasteiger partial charge >= 0.3 is 0 Å². The number of hydrogen-bond donors (Lipinski definition) is 14. The molecule has 31 heteroatoms. The lowest BCUT2D eigenvalue weighted by atomic mass is 9.92. The van der Waals surface area contributed by atoms with Gasteiger partial charge in [0, 0.05) is 75.4 Å². The molecule has 0 aliphatic carbocycles. The van der Waals surface area contributed by atoms with Gasteiger partial charge in [0.05, 0.1) is 60.4 Å². The first-order chi connectivity index (χ1) is 40.4. The van der Waals surface area contributed by atoms with Gasteiger partial charge in [-0.3, -0.25) is 66.6 Å². The normalized spacial score (nSPS) is 26.5. The van der Waals surface area contributed by atoms with Gasteiger partial charge in [0.2, 0.25) is 59.1 Å². The molecule has 1 unspecified atom stereocenters. The van der Waals surface area contributed by atoms with E-state index in [4.69, 9.17) is 5.73 Å². The Morgan fingerprint density at radius 2 is 1.51 bits per heavy atom. The van der Waals surface area contributed by atoms with E-state index in [0.717, 1.165) is 9.80 Å². The minimum Gasteiger partial charge on any atom is -0.506 e. The minimum absolute atomic E-state index is 0.0404. The van der Waals surface area contributed by atoms with Crippen LogP contribution in [-0.2, 0) is 74.8 Å². The zero-order valence-corrected chi connectivity index (χ0v) is 48.1. The molecular formula is C54H75N13O17S. The second kappa shape index (κ2) is 28.7. The molecule has 30 nitrogen and oxygen atoms in total. The van der Waals surface area contributed by atoms with E-state index in [1.54, 1.807) is 13.8 Å². The number of aliphatic hydroxyl groups excluding tert-OH is 3. The number of primary amides is 1. The van der Waals surface area contributed by atoms with Crippen molar-refractivity contribution in [1.29, 1.82) is 0 Å². The van der Waals surface area contributed by atoms with Crippen molar-refractivity contribution in [1.82, 2.24) is 57.3 Å². The fourth-order valence-corrected chi connectivity index (χ4v) is 12.5. The fourth-order valence-electron chi connectivity index (χ4n) is 11.1. The van der Waals surface area contributed by atoms with Crippen LogP contribution < -0.4 is 53.2 Å². The number of aliphatic hydroxyl groups is 3. The van der Waals surface area contributed by atoms with Crippen molar-refractivity contribution in [2.45, 2.75) is 132 Å². The summed E-state index contributed by atoms with van der Waals surface area (Å²) in [5.74, 6) is -13.5. The van der Waals surface area contributed by atoms with E-state index < -0.39 is 187 Å². The fraction of sp³-hybridized carbons (Fsp3) is 0.593. The van der Waals surface area contributed by atoms with Crippen LogP contribution in [-0.4, -0.2) is 217 Å². The quantitative estimate of drug-likeness (QED) is 0.0740. The van der Waals surface area contributed by atoms with Crippen LogP contribution in [0.1, 0.15) is 77.7 Å². The van der Waals surface area contributed by atoms with Gasteiger partial charge in [0.1, 0.15) is 52.7 Å². The highest BCUT2D eigenvalue weighted by Crippen LogP contribution is 2.41. The Bertz CT molecular complexity index is 2980. The average molecular weight is 1210 g/mol. The first kappa shape index (κ1) is 64.5. The standard InChI is InChI=1S/C54H75N13O17S/c1-4-26(2)44-51(81)58-21-40(74)59-34-25-85(84)53-31(30-7-8-36(70)47(46(30)64-53)65-16-12-28(13-17-65)11-14-56-39(73)6-5-15-66-42(76)9-10-43(66)77)19-32(48(78)57-22-41(75)62-44)60-52(82)45(27(3)37(71)24-68)63-50(80)35-18-29(69)23-67(35)54(83)33(20-38(55)72)61-49(34)79/h7-10,26-29,32-35,37,44-45,64,68-71H,4-6,11-25H2,1-3H3,(H2,55,72)(H,56,73)(H,57,78)(H,58,81)(H,59,74)(H,60,82)(H,61,79)(H,62,75)(H,63,80)/t26-,27+,29+,32+,33-,34+,35-,37+,44-,45-,85?/m0/s1. The number of nitrogens with one attached hydrogen (secondary N) is 9. The maximum atomic E-state index is 15.3. The zero-order chi connectivity index (χ0) is 62.0. The molecule has 1 aromatic heterocycles. The van der Waals surface area contributed by atoms with Crippen molar-refractivity contribution in [3.05, 3.63) is 29.8 Å². The molecule has 85 heavy (non-hydrogen) atoms. The number of fused-ring (bicyclic) bond motifs is 5. The molecule has 2 saturated heterocycles. The highest BCUT2D eigenvalue weighted by molar-refractivity contribution is 7.85. The Hall–Kier alpha value is -8.03. The third-order valence-corrected chi connectivity index (χ3v) is 17.6. The number of amides is 12. The molecule has 6 heterocycles. The molecule has 0 spiro atoms. The van der Waals surface area contributed by atoms with Crippen LogP contribution in [0.5, 0.6) is 5.75 Å². The monoisotopic (exact) mass is 1210 g/mol. The summed E-state index contributed by atoms with van der Waals surface area (Å²) < 4.78 is 15.3. The number of carbonyl (C=O) groups is 12. The van der Waals surface area contributed by atoms with Crippen molar-refractivity contribution in [2.24, 2.45) is 23.5 Å². The number of nitrogens with two attached hydrogens (primary N) is 1. The van der Waals surface area contributed by atoms with Crippen LogP contribution >= 0.6 is 0 Å². The number of hydrogen-bond acceptors (Lipinski definition) is 18. The number of benzene rings is 1. The molecule has 5 aliphatic heterocycles. The smallest absolute Gasteiger partial charge is 0.253 e. The van der Waals surface area contributed by atoms with Gasteiger partial charge in [0.25, 0.3) is 11.8 Å². The van der Waals surface area contributed by atoms with E-state index in [9.17, 15) is 78.0 Å². The molecule has 1 aromatic carbocycles. The first-order valence-electron chi connectivity index (χ1n) is 28.3. The summed E-state index contributed by atoms with van der Waals surface area (Å²) in [6.07, 6.45) is -0.225. The zero-order valence-electron chi connectivity index (χ0n) is 47.3. The largest absolute Gasteiger partial charge is 0.506 e. The molecule has 2 bridgehead atoms. The molecule has 11 atom stereocenters. The number of anilines is 1. The minimum atomic E-state index is -2.50. The van der Waals surface area contributed by atoms with E-state index in [-0.39, 0.29) is 64.1 Å². The Labute approximate surface area is 490 Å². The van der Waals surface area contributed by atoms with Crippen LogP contribution in [0.2, 0.25) is 0 Å². The SMILES string of the molecule is CC[C@H](C)[C@@H]1NC(=O)CNC(=O)[C@H]2Cc3c([nH]c4c(N5CCC(CCNC(=O)CCCN6C(=O)C=CC6=O)CC5)c(O)ccc34)S(=O)C[C@@H](NC(=O)CNC1=O)C(=O)N[C@@H](CC(N)=O)C(=O)N1C[C@H](O)C[C@H]1C(=O)N[C@@H]([C@H](C)[C@H](O)CO)C(=O)N2. The van der Waals surface area contributed by atoms with Crippen LogP contribution in [0.3, 0.4) is 0 Å². The van der Waals surface area contributed by atoms with Crippen molar-refractivity contribution in [2.75, 3.05) is 63.1 Å². The van der Waals surface area contributed by atoms with Gasteiger partial charge in [-0.1, -0.05) is 27.2 Å².